The molecule has 0 aliphatic rings. The Hall–Kier alpha value is -1.65. The van der Waals surface area contributed by atoms with Gasteiger partial charge in [0.2, 0.25) is 0 Å². The van der Waals surface area contributed by atoms with Gasteiger partial charge in [0.25, 0.3) is 0 Å². The van der Waals surface area contributed by atoms with Crippen LogP contribution in [0.5, 0.6) is 0 Å². The van der Waals surface area contributed by atoms with Gasteiger partial charge in [-0.2, -0.15) is 0 Å². The summed E-state index contributed by atoms with van der Waals surface area (Å²) in [5.41, 5.74) is 0. The molecule has 2 N–H and O–H groups in total. The first-order valence-electron chi connectivity index (χ1n) is 8.86. The maximum atomic E-state index is 10.3. The number of carboxylic acids is 1. The molecule has 24 heavy (non-hydrogen) atoms. The predicted octanol–water partition coefficient (Wildman–Crippen LogP) is 5.68. The van der Waals surface area contributed by atoms with Gasteiger partial charge < -0.3 is 5.11 Å². The highest BCUT2D eigenvalue weighted by Gasteiger charge is 1.99. The fourth-order valence-corrected chi connectivity index (χ4v) is 2.03. The molecular formula is C20H32O4. The highest BCUT2D eigenvalue weighted by Crippen LogP contribution is 2.04. The molecule has 0 amide bonds. The first-order chi connectivity index (χ1) is 11.7. The fraction of sp³-hybridized carbons (Fsp3) is 0.550. The van der Waals surface area contributed by atoms with Gasteiger partial charge in [0.1, 0.15) is 6.10 Å². The molecule has 0 heterocycles. The van der Waals surface area contributed by atoms with E-state index in [0.717, 1.165) is 19.3 Å². The SMILES string of the molecule is CCCCC/C=C/CC(/C=C/C=C/C/C=C/CCCC(=O)O)OO. The zero-order valence-corrected chi connectivity index (χ0v) is 14.8. The quantitative estimate of drug-likeness (QED) is 0.133. The predicted molar refractivity (Wildman–Crippen MR) is 98.9 cm³/mol. The van der Waals surface area contributed by atoms with Gasteiger partial charge in [0.05, 0.1) is 0 Å². The Balaban J connectivity index is 3.79. The highest BCUT2D eigenvalue weighted by atomic mass is 17.1. The lowest BCUT2D eigenvalue weighted by Crippen LogP contribution is -2.04. The number of allylic oxidation sites excluding steroid dienone is 6. The second kappa shape index (κ2) is 17.7. The summed E-state index contributed by atoms with van der Waals surface area (Å²) < 4.78 is 0. The number of hydrogen-bond donors (Lipinski definition) is 2. The van der Waals surface area contributed by atoms with Gasteiger partial charge >= 0.3 is 5.97 Å². The van der Waals surface area contributed by atoms with Crippen LogP contribution in [0.4, 0.5) is 0 Å². The van der Waals surface area contributed by atoms with Crippen molar-refractivity contribution in [2.24, 2.45) is 0 Å². The standard InChI is InChI=1S/C20H32O4/c1-2-3-4-5-10-13-16-19(24-23)17-14-11-8-6-7-9-12-15-18-20(21)22/h7-11,13-14,17,19,23H,2-6,12,15-16,18H2,1H3,(H,21,22)/b9-7+,11-8+,13-10+,17-14+. The maximum Gasteiger partial charge on any atom is 0.303 e. The zero-order chi connectivity index (χ0) is 17.9. The van der Waals surface area contributed by atoms with Gasteiger partial charge in [-0.1, -0.05) is 68.4 Å². The minimum absolute atomic E-state index is 0.221. The molecule has 0 rings (SSSR count). The average Bonchev–Trinajstić information content (AvgIpc) is 2.57. The molecule has 1 unspecified atom stereocenters. The molecule has 4 heteroatoms. The zero-order valence-electron chi connectivity index (χ0n) is 14.8. The Bertz CT molecular complexity index is 408. The molecule has 0 aliphatic carbocycles. The van der Waals surface area contributed by atoms with E-state index < -0.39 is 5.97 Å². The van der Waals surface area contributed by atoms with Gasteiger partial charge in [0, 0.05) is 6.42 Å². The van der Waals surface area contributed by atoms with E-state index in [-0.39, 0.29) is 12.5 Å². The van der Waals surface area contributed by atoms with Crippen LogP contribution >= 0.6 is 0 Å². The third kappa shape index (κ3) is 16.7. The Morgan fingerprint density at radius 3 is 2.46 bits per heavy atom. The molecule has 0 fully saturated rings. The van der Waals surface area contributed by atoms with Crippen LogP contribution in [-0.4, -0.2) is 22.4 Å². The van der Waals surface area contributed by atoms with Crippen LogP contribution in [0.2, 0.25) is 0 Å². The monoisotopic (exact) mass is 336 g/mol. The molecule has 0 spiro atoms. The number of carboxylic acid groups (broad SMARTS) is 1. The molecule has 0 saturated carbocycles. The molecule has 0 bridgehead atoms. The average molecular weight is 336 g/mol. The van der Waals surface area contributed by atoms with E-state index >= 15 is 0 Å². The van der Waals surface area contributed by atoms with Crippen molar-refractivity contribution >= 4 is 5.97 Å². The maximum absolute atomic E-state index is 10.3. The number of carbonyl (C=O) groups is 1. The molecule has 0 aromatic heterocycles. The Morgan fingerprint density at radius 2 is 1.75 bits per heavy atom. The molecule has 0 aliphatic heterocycles. The lowest BCUT2D eigenvalue weighted by molar-refractivity contribution is -0.264. The van der Waals surface area contributed by atoms with Gasteiger partial charge in [0.15, 0.2) is 0 Å². The largest absolute Gasteiger partial charge is 0.481 e. The first-order valence-corrected chi connectivity index (χ1v) is 8.86. The molecule has 0 aromatic carbocycles. The van der Waals surface area contributed by atoms with Crippen molar-refractivity contribution in [2.75, 3.05) is 0 Å². The van der Waals surface area contributed by atoms with Crippen molar-refractivity contribution in [1.29, 1.82) is 0 Å². The third-order valence-corrected chi connectivity index (χ3v) is 3.42. The molecule has 136 valence electrons. The normalized spacial score (nSPS) is 13.8. The van der Waals surface area contributed by atoms with Gasteiger partial charge in [-0.25, -0.2) is 4.89 Å². The second-order valence-corrected chi connectivity index (χ2v) is 5.65. The molecule has 4 nitrogen and oxygen atoms in total. The summed E-state index contributed by atoms with van der Waals surface area (Å²) in [5, 5.41) is 17.4. The molecular weight excluding hydrogens is 304 g/mol. The van der Waals surface area contributed by atoms with E-state index in [1.54, 1.807) is 0 Å². The summed E-state index contributed by atoms with van der Waals surface area (Å²) in [6.45, 7) is 2.19. The van der Waals surface area contributed by atoms with Crippen LogP contribution in [0.3, 0.4) is 0 Å². The summed E-state index contributed by atoms with van der Waals surface area (Å²) in [7, 11) is 0. The second-order valence-electron chi connectivity index (χ2n) is 5.65. The Morgan fingerprint density at radius 1 is 1.00 bits per heavy atom. The van der Waals surface area contributed by atoms with Crippen LogP contribution in [-0.2, 0) is 9.68 Å². The molecule has 0 radical (unpaired) electrons. The van der Waals surface area contributed by atoms with Gasteiger partial charge in [-0.3, -0.25) is 10.1 Å². The van der Waals surface area contributed by atoms with Crippen LogP contribution in [0.25, 0.3) is 0 Å². The molecule has 0 aromatic rings. The van der Waals surface area contributed by atoms with Crippen LogP contribution in [0.1, 0.15) is 64.7 Å². The van der Waals surface area contributed by atoms with Crippen LogP contribution < -0.4 is 0 Å². The van der Waals surface area contributed by atoms with Crippen LogP contribution in [0, 0.1) is 0 Å². The van der Waals surface area contributed by atoms with E-state index in [4.69, 9.17) is 10.4 Å². The van der Waals surface area contributed by atoms with E-state index in [1.165, 1.54) is 19.3 Å². The number of aliphatic carboxylic acids is 1. The van der Waals surface area contributed by atoms with Crippen molar-refractivity contribution in [2.45, 2.75) is 70.8 Å². The lowest BCUT2D eigenvalue weighted by atomic mass is 10.1. The molecule has 0 saturated heterocycles. The van der Waals surface area contributed by atoms with Crippen molar-refractivity contribution in [1.82, 2.24) is 0 Å². The summed E-state index contributed by atoms with van der Waals surface area (Å²) in [5.74, 6) is -0.745. The third-order valence-electron chi connectivity index (χ3n) is 3.42. The number of unbranched alkanes of at least 4 members (excludes halogenated alkanes) is 4. The summed E-state index contributed by atoms with van der Waals surface area (Å²) in [4.78, 5) is 14.8. The lowest BCUT2D eigenvalue weighted by Gasteiger charge is -2.04. The molecule has 1 atom stereocenters. The minimum Gasteiger partial charge on any atom is -0.481 e. The Labute approximate surface area is 146 Å². The number of hydrogen-bond acceptors (Lipinski definition) is 3. The van der Waals surface area contributed by atoms with Crippen molar-refractivity contribution < 1.29 is 20.0 Å². The highest BCUT2D eigenvalue weighted by molar-refractivity contribution is 5.66. The van der Waals surface area contributed by atoms with E-state index in [2.05, 4.69) is 17.9 Å². The van der Waals surface area contributed by atoms with E-state index in [9.17, 15) is 4.79 Å². The summed E-state index contributed by atoms with van der Waals surface area (Å²) >= 11 is 0. The van der Waals surface area contributed by atoms with Crippen molar-refractivity contribution in [3.8, 4) is 0 Å². The van der Waals surface area contributed by atoms with Gasteiger partial charge in [-0.05, 0) is 38.5 Å². The Kier molecular flexibility index (Phi) is 16.5. The van der Waals surface area contributed by atoms with Crippen LogP contribution in [0.15, 0.2) is 48.6 Å². The fourth-order valence-electron chi connectivity index (χ4n) is 2.03. The van der Waals surface area contributed by atoms with Crippen molar-refractivity contribution in [3.05, 3.63) is 48.6 Å². The number of rotatable bonds is 15. The van der Waals surface area contributed by atoms with Gasteiger partial charge in [-0.15, -0.1) is 0 Å². The van der Waals surface area contributed by atoms with Crippen molar-refractivity contribution in [3.63, 3.8) is 0 Å². The van der Waals surface area contributed by atoms with E-state index in [0.29, 0.717) is 12.8 Å². The summed E-state index contributed by atoms with van der Waals surface area (Å²) in [6.07, 6.45) is 23.4. The first kappa shape index (κ1) is 22.4. The smallest absolute Gasteiger partial charge is 0.303 e. The van der Waals surface area contributed by atoms with E-state index in [1.807, 2.05) is 42.5 Å². The minimum atomic E-state index is -0.745. The topological polar surface area (TPSA) is 66.8 Å². The summed E-state index contributed by atoms with van der Waals surface area (Å²) in [6, 6.07) is 0.